The maximum atomic E-state index is 15.0. The Kier molecular flexibility index (Phi) is 6.17. The van der Waals surface area contributed by atoms with Gasteiger partial charge >= 0.3 is 0 Å². The highest BCUT2D eigenvalue weighted by Gasteiger charge is 2.60. The van der Waals surface area contributed by atoms with E-state index in [-0.39, 0.29) is 41.2 Å². The number of carbonyl (C=O) groups excluding carboxylic acids is 1. The Morgan fingerprint density at radius 1 is 1.00 bits per heavy atom. The van der Waals surface area contributed by atoms with Crippen LogP contribution in [0.3, 0.4) is 0 Å². The summed E-state index contributed by atoms with van der Waals surface area (Å²) in [5.74, 6) is 0.192. The van der Waals surface area contributed by atoms with E-state index in [1.54, 1.807) is 22.6 Å². The highest BCUT2D eigenvalue weighted by Crippen LogP contribution is 2.51. The molecule has 1 aromatic heterocycles. The SMILES string of the molecule is Cc1c(F)ccc2c1CSc1ccccc1[C@H]2N1[C@@H]2COCC3(CC3)N2C(=O)c2c(OCc3ccccc3)c(=O)ccn21. The van der Waals surface area contributed by atoms with Gasteiger partial charge in [0.1, 0.15) is 18.6 Å². The minimum absolute atomic E-state index is 0.0360. The lowest BCUT2D eigenvalue weighted by atomic mass is 9.91. The molecule has 4 aliphatic rings. The van der Waals surface area contributed by atoms with Crippen LogP contribution in [0.15, 0.2) is 88.7 Å². The molecule has 0 N–H and O–H groups in total. The molecule has 8 rings (SSSR count). The van der Waals surface area contributed by atoms with E-state index in [9.17, 15) is 14.0 Å². The fourth-order valence-corrected chi connectivity index (χ4v) is 8.05. The molecule has 0 bridgehead atoms. The van der Waals surface area contributed by atoms with E-state index in [1.807, 2.05) is 60.4 Å². The minimum atomic E-state index is -0.444. The van der Waals surface area contributed by atoms with Gasteiger partial charge < -0.3 is 14.4 Å². The molecule has 1 spiro atoms. The maximum Gasteiger partial charge on any atom is 0.278 e. The number of thioether (sulfide) groups is 1. The number of benzene rings is 3. The fraction of sp³-hybridized carbons (Fsp3) is 0.294. The van der Waals surface area contributed by atoms with Gasteiger partial charge in [-0.2, -0.15) is 0 Å². The van der Waals surface area contributed by atoms with Gasteiger partial charge in [0.05, 0.1) is 24.8 Å². The second-order valence-corrected chi connectivity index (χ2v) is 12.7. The molecule has 2 atom stereocenters. The number of morpholine rings is 1. The van der Waals surface area contributed by atoms with E-state index in [2.05, 4.69) is 17.1 Å². The molecule has 0 radical (unpaired) electrons. The van der Waals surface area contributed by atoms with Gasteiger partial charge in [-0.25, -0.2) is 4.39 Å². The second-order valence-electron chi connectivity index (χ2n) is 11.7. The van der Waals surface area contributed by atoms with Gasteiger partial charge in [-0.05, 0) is 59.7 Å². The summed E-state index contributed by atoms with van der Waals surface area (Å²) in [5.41, 5.74) is 3.93. The van der Waals surface area contributed by atoms with Crippen LogP contribution < -0.4 is 15.2 Å². The highest BCUT2D eigenvalue weighted by molar-refractivity contribution is 7.98. The highest BCUT2D eigenvalue weighted by atomic mass is 32.2. The second kappa shape index (κ2) is 9.99. The van der Waals surface area contributed by atoms with Gasteiger partial charge in [-0.1, -0.05) is 54.6 Å². The van der Waals surface area contributed by atoms with Crippen LogP contribution in [0.1, 0.15) is 57.2 Å². The molecule has 1 amide bonds. The molecular weight excluding hydrogens is 565 g/mol. The number of halogens is 1. The van der Waals surface area contributed by atoms with Crippen LogP contribution >= 0.6 is 11.8 Å². The van der Waals surface area contributed by atoms with Crippen LogP contribution in [0.5, 0.6) is 5.75 Å². The lowest BCUT2D eigenvalue weighted by molar-refractivity contribution is -0.0618. The third-order valence-corrected chi connectivity index (χ3v) is 10.3. The monoisotopic (exact) mass is 595 g/mol. The Labute approximate surface area is 252 Å². The largest absolute Gasteiger partial charge is 0.482 e. The zero-order valence-corrected chi connectivity index (χ0v) is 24.5. The first kappa shape index (κ1) is 26.5. The standard InChI is InChI=1S/C34H30FN3O4S/c1-21-25-19-43-28-10-6-5-9-24(28)30(23(25)11-12-26(21)35)38-29-18-41-20-34(14-15-34)37(29)33(40)31-32(27(39)13-16-36(31)38)42-17-22-7-3-2-4-8-22/h2-13,16,29-30H,14-15,17-20H2,1H3/t29-,30+/m1/s1. The molecule has 3 aliphatic heterocycles. The summed E-state index contributed by atoms with van der Waals surface area (Å²) in [6.07, 6.45) is 2.89. The Hall–Kier alpha value is -4.08. The molecule has 1 saturated heterocycles. The van der Waals surface area contributed by atoms with E-state index >= 15 is 0 Å². The summed E-state index contributed by atoms with van der Waals surface area (Å²) in [4.78, 5) is 31.0. The van der Waals surface area contributed by atoms with Crippen LogP contribution in [0.4, 0.5) is 4.39 Å². The Morgan fingerprint density at radius 3 is 2.60 bits per heavy atom. The van der Waals surface area contributed by atoms with E-state index in [0.717, 1.165) is 40.0 Å². The van der Waals surface area contributed by atoms with Crippen molar-refractivity contribution in [2.45, 2.75) is 54.8 Å². The predicted octanol–water partition coefficient (Wildman–Crippen LogP) is 5.55. The first-order chi connectivity index (χ1) is 21.0. The summed E-state index contributed by atoms with van der Waals surface area (Å²) >= 11 is 1.69. The van der Waals surface area contributed by atoms with Gasteiger partial charge in [0, 0.05) is 22.9 Å². The van der Waals surface area contributed by atoms with E-state index in [4.69, 9.17) is 9.47 Å². The van der Waals surface area contributed by atoms with E-state index in [1.165, 1.54) is 12.1 Å². The van der Waals surface area contributed by atoms with Crippen molar-refractivity contribution in [1.82, 2.24) is 9.58 Å². The summed E-state index contributed by atoms with van der Waals surface area (Å²) in [6, 6.07) is 22.3. The first-order valence-corrected chi connectivity index (χ1v) is 15.6. The maximum absolute atomic E-state index is 15.0. The van der Waals surface area contributed by atoms with Crippen LogP contribution in [-0.2, 0) is 17.1 Å². The summed E-state index contributed by atoms with van der Waals surface area (Å²) in [5, 5.41) is 2.16. The topological polar surface area (TPSA) is 64.0 Å². The molecule has 4 heterocycles. The number of ether oxygens (including phenoxy) is 2. The molecular formula is C34H30FN3O4S. The van der Waals surface area contributed by atoms with Crippen molar-refractivity contribution in [2.24, 2.45) is 0 Å². The zero-order valence-electron chi connectivity index (χ0n) is 23.7. The van der Waals surface area contributed by atoms with Gasteiger partial charge in [0.25, 0.3) is 5.91 Å². The average Bonchev–Trinajstić information content (AvgIpc) is 3.81. The van der Waals surface area contributed by atoms with Crippen molar-refractivity contribution in [2.75, 3.05) is 18.2 Å². The van der Waals surface area contributed by atoms with E-state index < -0.39 is 11.7 Å². The average molecular weight is 596 g/mol. The molecule has 0 unspecified atom stereocenters. The number of hydrogen-bond acceptors (Lipinski definition) is 6. The Balaban J connectivity index is 1.37. The number of hydrogen-bond donors (Lipinski definition) is 0. The molecule has 1 aliphatic carbocycles. The van der Waals surface area contributed by atoms with Crippen LogP contribution in [0.2, 0.25) is 0 Å². The van der Waals surface area contributed by atoms with Gasteiger partial charge in [0.2, 0.25) is 5.43 Å². The fourth-order valence-electron chi connectivity index (χ4n) is 6.85. The van der Waals surface area contributed by atoms with Crippen molar-refractivity contribution in [3.8, 4) is 5.75 Å². The number of fused-ring (bicyclic) bond motifs is 5. The van der Waals surface area contributed by atoms with Crippen LogP contribution in [0.25, 0.3) is 0 Å². The van der Waals surface area contributed by atoms with Crippen molar-refractivity contribution >= 4 is 17.7 Å². The number of rotatable bonds is 4. The molecule has 2 fully saturated rings. The Morgan fingerprint density at radius 2 is 1.79 bits per heavy atom. The van der Waals surface area contributed by atoms with Crippen molar-refractivity contribution in [1.29, 1.82) is 0 Å². The van der Waals surface area contributed by atoms with Crippen molar-refractivity contribution in [3.05, 3.63) is 129 Å². The van der Waals surface area contributed by atoms with Crippen LogP contribution in [0, 0.1) is 12.7 Å². The third-order valence-electron chi connectivity index (χ3n) is 9.22. The summed E-state index contributed by atoms with van der Waals surface area (Å²) in [7, 11) is 0. The predicted molar refractivity (Wildman–Crippen MR) is 161 cm³/mol. The number of pyridine rings is 1. The molecule has 7 nitrogen and oxygen atoms in total. The molecule has 3 aromatic carbocycles. The van der Waals surface area contributed by atoms with Gasteiger partial charge in [0.15, 0.2) is 11.4 Å². The van der Waals surface area contributed by atoms with Gasteiger partial charge in [-0.3, -0.25) is 19.3 Å². The zero-order chi connectivity index (χ0) is 29.3. The lowest BCUT2D eigenvalue weighted by Crippen LogP contribution is -2.70. The molecule has 9 heteroatoms. The van der Waals surface area contributed by atoms with Crippen molar-refractivity contribution < 1.29 is 18.7 Å². The number of aromatic nitrogens is 1. The Bertz CT molecular complexity index is 1820. The molecule has 43 heavy (non-hydrogen) atoms. The summed E-state index contributed by atoms with van der Waals surface area (Å²) < 4.78 is 29.2. The summed E-state index contributed by atoms with van der Waals surface area (Å²) in [6.45, 7) is 2.75. The smallest absolute Gasteiger partial charge is 0.278 e. The van der Waals surface area contributed by atoms with Gasteiger partial charge in [-0.15, -0.1) is 11.8 Å². The molecule has 218 valence electrons. The minimum Gasteiger partial charge on any atom is -0.482 e. The number of nitrogens with zero attached hydrogens (tertiary/aromatic N) is 3. The first-order valence-electron chi connectivity index (χ1n) is 14.6. The lowest BCUT2D eigenvalue weighted by Gasteiger charge is -2.54. The molecule has 4 aromatic rings. The quantitative estimate of drug-likeness (QED) is 0.308. The third kappa shape index (κ3) is 4.12. The van der Waals surface area contributed by atoms with E-state index in [0.29, 0.717) is 24.5 Å². The normalized spacial score (nSPS) is 21.4. The number of carbonyl (C=O) groups is 1. The molecule has 1 saturated carbocycles. The van der Waals surface area contributed by atoms with Crippen molar-refractivity contribution in [3.63, 3.8) is 0 Å². The van der Waals surface area contributed by atoms with Crippen LogP contribution in [-0.4, -0.2) is 40.4 Å². The number of amides is 1.